The molecule has 12 heteroatoms. The van der Waals surface area contributed by atoms with E-state index in [9.17, 15) is 24.3 Å². The second kappa shape index (κ2) is 16.3. The highest BCUT2D eigenvalue weighted by Gasteiger charge is 2.44. The zero-order valence-corrected chi connectivity index (χ0v) is 33.5. The third kappa shape index (κ3) is 8.20. The average Bonchev–Trinajstić information content (AvgIpc) is 4.06. The molecule has 0 unspecified atom stereocenters. The maximum atomic E-state index is 14.3. The third-order valence-electron chi connectivity index (χ3n) is 11.5. The molecular formula is C47H49N7O5. The number of carboxylic acid groups (broad SMARTS) is 1. The largest absolute Gasteiger partial charge is 0.465 e. The molecule has 4 heterocycles. The van der Waals surface area contributed by atoms with Crippen molar-refractivity contribution < 1.29 is 24.3 Å². The first-order chi connectivity index (χ1) is 28.4. The standard InChI is InChI=1S/C47H49N7O5/c1-47(2,3)54(46(58)59)42(33-14-8-5-9-15-33)45(57)53-25-11-17-40(53)44(56)49-35-22-23-36-34(27-35)28-37(50-36)31-18-20-32(21-19-31)38-29-48-43(51-38)39-16-10-24-52(39)41(55)26-30-12-6-4-7-13-30/h4-9,12-15,18-23,27-29,39-40,42,50H,10-11,16-17,24-26H2,1-3H3,(H,48,51)(H,49,56)(H,58,59)/t39-,40-,42+/m0/s1. The summed E-state index contributed by atoms with van der Waals surface area (Å²) in [6.07, 6.45) is 3.92. The van der Waals surface area contributed by atoms with Crippen LogP contribution >= 0.6 is 0 Å². The minimum Gasteiger partial charge on any atom is -0.465 e. The predicted molar refractivity (Wildman–Crippen MR) is 227 cm³/mol. The number of anilines is 1. The Hall–Kier alpha value is -6.69. The molecule has 2 saturated heterocycles. The van der Waals surface area contributed by atoms with Crippen LogP contribution in [0, 0.1) is 0 Å². The Kier molecular flexibility index (Phi) is 10.8. The highest BCUT2D eigenvalue weighted by molar-refractivity contribution is 6.00. The van der Waals surface area contributed by atoms with E-state index in [0.29, 0.717) is 37.1 Å². The molecule has 4 N–H and O–H groups in total. The Bertz CT molecular complexity index is 2470. The molecule has 0 saturated carbocycles. The van der Waals surface area contributed by atoms with E-state index in [1.165, 1.54) is 9.80 Å². The number of benzene rings is 4. The van der Waals surface area contributed by atoms with Crippen LogP contribution in [0.25, 0.3) is 33.4 Å². The molecule has 4 amide bonds. The lowest BCUT2D eigenvalue weighted by atomic mass is 9.97. The molecule has 2 fully saturated rings. The van der Waals surface area contributed by atoms with Gasteiger partial charge >= 0.3 is 6.09 Å². The number of hydrogen-bond donors (Lipinski definition) is 4. The molecule has 0 aliphatic carbocycles. The third-order valence-corrected chi connectivity index (χ3v) is 11.5. The van der Waals surface area contributed by atoms with Gasteiger partial charge in [-0.05, 0) is 93.0 Å². The van der Waals surface area contributed by atoms with E-state index in [2.05, 4.69) is 15.3 Å². The number of aromatic amines is 2. The first kappa shape index (κ1) is 39.2. The highest BCUT2D eigenvalue weighted by atomic mass is 16.4. The molecule has 0 bridgehead atoms. The fourth-order valence-corrected chi connectivity index (χ4v) is 8.58. The van der Waals surface area contributed by atoms with Gasteiger partial charge < -0.3 is 30.2 Å². The zero-order chi connectivity index (χ0) is 41.3. The number of rotatable bonds is 10. The first-order valence-electron chi connectivity index (χ1n) is 20.2. The summed E-state index contributed by atoms with van der Waals surface area (Å²) in [4.78, 5) is 70.2. The van der Waals surface area contributed by atoms with Crippen LogP contribution in [0.1, 0.15) is 75.5 Å². The Morgan fingerprint density at radius 2 is 1.47 bits per heavy atom. The number of carbonyl (C=O) groups excluding carboxylic acids is 3. The van der Waals surface area contributed by atoms with Crippen LogP contribution in [0.2, 0.25) is 0 Å². The van der Waals surface area contributed by atoms with Crippen molar-refractivity contribution in [3.63, 3.8) is 0 Å². The van der Waals surface area contributed by atoms with Crippen LogP contribution in [-0.4, -0.2) is 83.2 Å². The van der Waals surface area contributed by atoms with Crippen molar-refractivity contribution in [2.75, 3.05) is 18.4 Å². The second-order valence-electron chi connectivity index (χ2n) is 16.5. The van der Waals surface area contributed by atoms with Gasteiger partial charge in [0.2, 0.25) is 11.8 Å². The number of fused-ring (bicyclic) bond motifs is 1. The lowest BCUT2D eigenvalue weighted by Crippen LogP contribution is -2.54. The van der Waals surface area contributed by atoms with Gasteiger partial charge in [-0.1, -0.05) is 84.9 Å². The summed E-state index contributed by atoms with van der Waals surface area (Å²) in [5, 5.41) is 14.2. The van der Waals surface area contributed by atoms with Crippen LogP contribution in [0.4, 0.5) is 10.5 Å². The minimum absolute atomic E-state index is 0.0740. The maximum Gasteiger partial charge on any atom is 0.408 e. The van der Waals surface area contributed by atoms with Crippen molar-refractivity contribution in [1.82, 2.24) is 29.7 Å². The van der Waals surface area contributed by atoms with E-state index < -0.39 is 29.6 Å². The topological polar surface area (TPSA) is 155 Å². The van der Waals surface area contributed by atoms with Gasteiger partial charge in [0.1, 0.15) is 17.9 Å². The van der Waals surface area contributed by atoms with E-state index >= 15 is 0 Å². The number of hydrogen-bond acceptors (Lipinski definition) is 5. The van der Waals surface area contributed by atoms with Crippen LogP contribution in [0.15, 0.2) is 115 Å². The number of nitrogens with one attached hydrogen (secondary N) is 3. The summed E-state index contributed by atoms with van der Waals surface area (Å²) >= 11 is 0. The molecular weight excluding hydrogens is 743 g/mol. The van der Waals surface area contributed by atoms with E-state index in [1.807, 2.05) is 96.0 Å². The van der Waals surface area contributed by atoms with Gasteiger partial charge in [0, 0.05) is 40.9 Å². The SMILES string of the molecule is CC(C)(C)N(C(=O)O)[C@@H](C(=O)N1CCC[C@H]1C(=O)Nc1ccc2[nH]c(-c3ccc(-c4cnc([C@@H]5CCCN5C(=O)Cc5ccccc5)[nH]4)cc3)cc2c1)c1ccccc1. The Balaban J connectivity index is 0.941. The van der Waals surface area contributed by atoms with Gasteiger partial charge in [0.05, 0.1) is 24.4 Å². The fourth-order valence-electron chi connectivity index (χ4n) is 8.58. The summed E-state index contributed by atoms with van der Waals surface area (Å²) in [5.41, 5.74) is 5.97. The van der Waals surface area contributed by atoms with Gasteiger partial charge in [0.25, 0.3) is 5.91 Å². The van der Waals surface area contributed by atoms with Crippen LogP contribution in [-0.2, 0) is 20.8 Å². The lowest BCUT2D eigenvalue weighted by molar-refractivity contribution is -0.142. The molecule has 2 aliphatic heterocycles. The summed E-state index contributed by atoms with van der Waals surface area (Å²) in [7, 11) is 0. The van der Waals surface area contributed by atoms with Crippen LogP contribution in [0.3, 0.4) is 0 Å². The van der Waals surface area contributed by atoms with Gasteiger partial charge in [0.15, 0.2) is 0 Å². The van der Waals surface area contributed by atoms with Crippen molar-refractivity contribution in [1.29, 1.82) is 0 Å². The number of aromatic nitrogens is 3. The number of imidazole rings is 1. The molecule has 2 aromatic heterocycles. The summed E-state index contributed by atoms with van der Waals surface area (Å²) in [6.45, 7) is 6.36. The van der Waals surface area contributed by atoms with Crippen molar-refractivity contribution in [3.05, 3.63) is 132 Å². The van der Waals surface area contributed by atoms with Gasteiger partial charge in [-0.2, -0.15) is 0 Å². The summed E-state index contributed by atoms with van der Waals surface area (Å²) in [5.74, 6) is 0.186. The summed E-state index contributed by atoms with van der Waals surface area (Å²) < 4.78 is 0. The van der Waals surface area contributed by atoms with E-state index in [1.54, 1.807) is 45.0 Å². The fraction of sp³-hybridized carbons (Fsp3) is 0.298. The zero-order valence-electron chi connectivity index (χ0n) is 33.5. The minimum atomic E-state index is -1.21. The maximum absolute atomic E-state index is 14.3. The van der Waals surface area contributed by atoms with Gasteiger partial charge in [-0.15, -0.1) is 0 Å². The van der Waals surface area contributed by atoms with Gasteiger partial charge in [-0.25, -0.2) is 9.78 Å². The van der Waals surface area contributed by atoms with Crippen LogP contribution < -0.4 is 5.32 Å². The quantitative estimate of drug-likeness (QED) is 0.109. The summed E-state index contributed by atoms with van der Waals surface area (Å²) in [6, 6.07) is 32.7. The Morgan fingerprint density at radius 1 is 0.814 bits per heavy atom. The molecule has 0 radical (unpaired) electrons. The number of H-pyrrole nitrogens is 2. The molecule has 3 atom stereocenters. The van der Waals surface area contributed by atoms with E-state index in [-0.39, 0.29) is 17.9 Å². The van der Waals surface area contributed by atoms with Crippen molar-refractivity contribution in [3.8, 4) is 22.5 Å². The monoisotopic (exact) mass is 791 g/mol. The molecule has 12 nitrogen and oxygen atoms in total. The molecule has 4 aromatic carbocycles. The van der Waals surface area contributed by atoms with E-state index in [4.69, 9.17) is 4.98 Å². The molecule has 59 heavy (non-hydrogen) atoms. The number of nitrogens with zero attached hydrogens (tertiary/aromatic N) is 4. The number of carbonyl (C=O) groups is 4. The molecule has 302 valence electrons. The van der Waals surface area contributed by atoms with Crippen molar-refractivity contribution in [2.45, 2.75) is 76.5 Å². The van der Waals surface area contributed by atoms with Crippen molar-refractivity contribution in [2.24, 2.45) is 0 Å². The average molecular weight is 792 g/mol. The normalized spacial score (nSPS) is 17.3. The Labute approximate surface area is 343 Å². The Morgan fingerprint density at radius 3 is 2.17 bits per heavy atom. The predicted octanol–water partition coefficient (Wildman–Crippen LogP) is 8.58. The van der Waals surface area contributed by atoms with Crippen LogP contribution in [0.5, 0.6) is 0 Å². The van der Waals surface area contributed by atoms with E-state index in [0.717, 1.165) is 64.2 Å². The molecule has 8 rings (SSSR count). The second-order valence-corrected chi connectivity index (χ2v) is 16.5. The highest BCUT2D eigenvalue weighted by Crippen LogP contribution is 2.35. The number of amides is 4. The number of likely N-dealkylation sites (tertiary alicyclic amines) is 2. The molecule has 6 aromatic rings. The molecule has 2 aliphatic rings. The first-order valence-corrected chi connectivity index (χ1v) is 20.2. The smallest absolute Gasteiger partial charge is 0.408 e. The molecule has 0 spiro atoms. The van der Waals surface area contributed by atoms with Crippen molar-refractivity contribution >= 4 is 40.4 Å². The lowest BCUT2D eigenvalue weighted by Gasteiger charge is -2.41. The van der Waals surface area contributed by atoms with Gasteiger partial charge in [-0.3, -0.25) is 19.3 Å².